The molecular formula is C23H32FNO8. The zero-order valence-corrected chi connectivity index (χ0v) is 18.7. The average molecular weight is 470 g/mol. The lowest BCUT2D eigenvalue weighted by Gasteiger charge is -2.32. The summed E-state index contributed by atoms with van der Waals surface area (Å²) in [4.78, 5) is 23.8. The van der Waals surface area contributed by atoms with E-state index in [1.54, 1.807) is 13.0 Å². The first-order valence-electron chi connectivity index (χ1n) is 10.8. The summed E-state index contributed by atoms with van der Waals surface area (Å²) in [6.07, 6.45) is 1.55. The van der Waals surface area contributed by atoms with Gasteiger partial charge >= 0.3 is 0 Å². The van der Waals surface area contributed by atoms with Crippen molar-refractivity contribution in [3.63, 3.8) is 0 Å². The molecule has 3 rings (SSSR count). The molecule has 2 unspecified atom stereocenters. The maximum Gasteiger partial charge on any atom is 0.247 e. The van der Waals surface area contributed by atoms with Gasteiger partial charge in [-0.3, -0.25) is 9.59 Å². The van der Waals surface area contributed by atoms with Gasteiger partial charge in [-0.2, -0.15) is 0 Å². The molecule has 184 valence electrons. The van der Waals surface area contributed by atoms with Gasteiger partial charge in [-0.05, 0) is 63.3 Å². The van der Waals surface area contributed by atoms with Crippen LogP contribution in [0.25, 0.3) is 6.08 Å². The number of aliphatic hydroxyl groups is 4. The van der Waals surface area contributed by atoms with Gasteiger partial charge in [0.2, 0.25) is 12.2 Å². The van der Waals surface area contributed by atoms with Crippen LogP contribution in [0.5, 0.6) is 5.75 Å². The summed E-state index contributed by atoms with van der Waals surface area (Å²) in [6.45, 7) is 2.27. The van der Waals surface area contributed by atoms with Crippen LogP contribution in [0.15, 0.2) is 23.8 Å². The molecule has 5 atom stereocenters. The lowest BCUT2D eigenvalue weighted by Crippen LogP contribution is -2.53. The van der Waals surface area contributed by atoms with E-state index in [1.165, 1.54) is 25.1 Å². The summed E-state index contributed by atoms with van der Waals surface area (Å²) in [7, 11) is 0. The number of hydrogen-bond acceptors (Lipinski definition) is 8. The minimum absolute atomic E-state index is 0.0110. The van der Waals surface area contributed by atoms with Crippen LogP contribution in [0.2, 0.25) is 0 Å². The van der Waals surface area contributed by atoms with Gasteiger partial charge < -0.3 is 35.2 Å². The van der Waals surface area contributed by atoms with Crippen molar-refractivity contribution >= 4 is 17.8 Å². The van der Waals surface area contributed by atoms with Gasteiger partial charge in [-0.25, -0.2) is 4.39 Å². The Labute approximate surface area is 191 Å². The largest absolute Gasteiger partial charge is 0.462 e. The Hall–Kier alpha value is -2.37. The van der Waals surface area contributed by atoms with Gasteiger partial charge in [-0.15, -0.1) is 0 Å². The third kappa shape index (κ3) is 7.86. The van der Waals surface area contributed by atoms with E-state index in [2.05, 4.69) is 5.32 Å². The topological polar surface area (TPSA) is 146 Å². The summed E-state index contributed by atoms with van der Waals surface area (Å²) in [5, 5.41) is 36.9. The van der Waals surface area contributed by atoms with Crippen LogP contribution in [0, 0.1) is 5.82 Å². The van der Waals surface area contributed by atoms with Crippen molar-refractivity contribution in [2.24, 2.45) is 0 Å². The third-order valence-electron chi connectivity index (χ3n) is 5.52. The predicted molar refractivity (Wildman–Crippen MR) is 116 cm³/mol. The highest BCUT2D eigenvalue weighted by Gasteiger charge is 2.32. The summed E-state index contributed by atoms with van der Waals surface area (Å²) >= 11 is 0. The van der Waals surface area contributed by atoms with Crippen LogP contribution >= 0.6 is 0 Å². The van der Waals surface area contributed by atoms with E-state index in [4.69, 9.17) is 19.7 Å². The molecule has 1 aromatic carbocycles. The SMILES string of the molecule is CC(=O)[C@@H]1CCC(Oc2ccc(/C=C(\C)C(=O)NC3[C@H](O)CCC[C@@H]3O)cc2F)O1.OCO. The predicted octanol–water partition coefficient (Wildman–Crippen LogP) is 1.02. The van der Waals surface area contributed by atoms with Gasteiger partial charge in [0.25, 0.3) is 0 Å². The van der Waals surface area contributed by atoms with Gasteiger partial charge in [0.1, 0.15) is 12.9 Å². The number of halogens is 1. The number of carbonyl (C=O) groups excluding carboxylic acids is 2. The van der Waals surface area contributed by atoms with E-state index >= 15 is 0 Å². The molecule has 2 fully saturated rings. The standard InChI is InChI=1S/C22H28FNO6.CH4O2/c1-12(22(28)24-21-16(26)4-3-5-17(21)27)10-14-6-7-19(15(23)11-14)30-20-9-8-18(29-20)13(2)25;2-1-3/h6-7,10-11,16-18,20-21,26-27H,3-5,8-9H2,1-2H3,(H,24,28);2-3H,1H2/b12-10+;/t16-,17+,18-,20?,21?;/m0./s1. The molecule has 1 aliphatic carbocycles. The number of rotatable bonds is 6. The quantitative estimate of drug-likeness (QED) is 0.307. The number of amides is 1. The Bertz CT molecular complexity index is 836. The second-order valence-corrected chi connectivity index (χ2v) is 8.08. The summed E-state index contributed by atoms with van der Waals surface area (Å²) in [6, 6.07) is 3.59. The molecule has 0 spiro atoms. The summed E-state index contributed by atoms with van der Waals surface area (Å²) in [5.74, 6) is -1.11. The monoisotopic (exact) mass is 469 g/mol. The maximum absolute atomic E-state index is 14.4. The number of aliphatic hydroxyl groups excluding tert-OH is 3. The van der Waals surface area contributed by atoms with E-state index in [0.717, 1.165) is 0 Å². The Morgan fingerprint density at radius 3 is 2.33 bits per heavy atom. The fraction of sp³-hybridized carbons (Fsp3) is 0.565. The minimum Gasteiger partial charge on any atom is -0.462 e. The highest BCUT2D eigenvalue weighted by Crippen LogP contribution is 2.27. The molecule has 1 aliphatic heterocycles. The van der Waals surface area contributed by atoms with Crippen LogP contribution in [0.4, 0.5) is 4.39 Å². The van der Waals surface area contributed by atoms with Gasteiger partial charge in [0, 0.05) is 12.0 Å². The molecule has 1 amide bonds. The third-order valence-corrected chi connectivity index (χ3v) is 5.52. The van der Waals surface area contributed by atoms with E-state index in [1.807, 2.05) is 0 Å². The first kappa shape index (κ1) is 26.9. The Morgan fingerprint density at radius 1 is 1.15 bits per heavy atom. The highest BCUT2D eigenvalue weighted by molar-refractivity contribution is 5.97. The van der Waals surface area contributed by atoms with E-state index in [-0.39, 0.29) is 11.5 Å². The van der Waals surface area contributed by atoms with Crippen LogP contribution in [0.3, 0.4) is 0 Å². The van der Waals surface area contributed by atoms with E-state index < -0.39 is 49.2 Å². The molecule has 10 heteroatoms. The highest BCUT2D eigenvalue weighted by atomic mass is 19.1. The molecule has 33 heavy (non-hydrogen) atoms. The van der Waals surface area contributed by atoms with Crippen LogP contribution in [-0.4, -0.2) is 69.6 Å². The summed E-state index contributed by atoms with van der Waals surface area (Å²) in [5.41, 5.74) is 0.780. The molecule has 0 radical (unpaired) electrons. The van der Waals surface area contributed by atoms with Crippen molar-refractivity contribution in [3.05, 3.63) is 35.2 Å². The van der Waals surface area contributed by atoms with Crippen molar-refractivity contribution in [1.82, 2.24) is 5.32 Å². The second-order valence-electron chi connectivity index (χ2n) is 8.08. The summed E-state index contributed by atoms with van der Waals surface area (Å²) < 4.78 is 25.4. The maximum atomic E-state index is 14.4. The number of carbonyl (C=O) groups is 2. The molecule has 1 saturated carbocycles. The number of nitrogens with one attached hydrogen (secondary N) is 1. The normalized spacial score (nSPS) is 27.4. The molecule has 0 bridgehead atoms. The van der Waals surface area contributed by atoms with Gasteiger partial charge in [0.05, 0.1) is 18.2 Å². The number of ether oxygens (including phenoxy) is 2. The molecule has 1 aromatic rings. The lowest BCUT2D eigenvalue weighted by atomic mass is 9.89. The van der Waals surface area contributed by atoms with Crippen LogP contribution < -0.4 is 10.1 Å². The zero-order chi connectivity index (χ0) is 24.5. The Morgan fingerprint density at radius 2 is 1.79 bits per heavy atom. The molecule has 9 nitrogen and oxygen atoms in total. The molecule has 1 heterocycles. The van der Waals surface area contributed by atoms with Gasteiger partial charge in [-0.1, -0.05) is 6.07 Å². The molecular weight excluding hydrogens is 437 g/mol. The van der Waals surface area contributed by atoms with Crippen molar-refractivity contribution in [1.29, 1.82) is 0 Å². The number of benzene rings is 1. The van der Waals surface area contributed by atoms with Crippen molar-refractivity contribution in [2.45, 2.75) is 76.6 Å². The molecule has 2 aliphatic rings. The molecule has 1 saturated heterocycles. The van der Waals surface area contributed by atoms with Crippen LogP contribution in [0.1, 0.15) is 51.5 Å². The second kappa shape index (κ2) is 12.8. The van der Waals surface area contributed by atoms with Crippen molar-refractivity contribution in [2.75, 3.05) is 6.79 Å². The Balaban J connectivity index is 0.00000122. The van der Waals surface area contributed by atoms with Crippen LogP contribution in [-0.2, 0) is 14.3 Å². The Kier molecular flexibility index (Phi) is 10.4. The zero-order valence-electron chi connectivity index (χ0n) is 18.7. The number of hydrogen-bond donors (Lipinski definition) is 5. The fourth-order valence-corrected chi connectivity index (χ4v) is 3.76. The number of Topliss-reactive ketones (excluding diaryl/α,β-unsaturated/α-hetero) is 1. The number of ketones is 1. The first-order chi connectivity index (χ1) is 15.7. The van der Waals surface area contributed by atoms with E-state index in [0.29, 0.717) is 43.2 Å². The first-order valence-corrected chi connectivity index (χ1v) is 10.8. The smallest absolute Gasteiger partial charge is 0.247 e. The van der Waals surface area contributed by atoms with E-state index in [9.17, 15) is 24.2 Å². The van der Waals surface area contributed by atoms with Crippen molar-refractivity contribution < 1.29 is 43.9 Å². The fourth-order valence-electron chi connectivity index (χ4n) is 3.76. The molecule has 5 N–H and O–H groups in total. The minimum atomic E-state index is -0.792. The average Bonchev–Trinajstić information content (AvgIpc) is 3.22. The van der Waals surface area contributed by atoms with Crippen molar-refractivity contribution in [3.8, 4) is 5.75 Å². The lowest BCUT2D eigenvalue weighted by molar-refractivity contribution is -0.135. The van der Waals surface area contributed by atoms with Gasteiger partial charge in [0.15, 0.2) is 17.3 Å². The molecule has 0 aromatic heterocycles.